The molecule has 1 heterocycles. The molecule has 1 saturated heterocycles. The van der Waals surface area contributed by atoms with Gasteiger partial charge in [0.25, 0.3) is 0 Å². The zero-order chi connectivity index (χ0) is 16.4. The standard InChI is InChI=1S/C18H25ClN2O2/c1-20(12-18(22)23)13-4-3-10-21(11-9-13)17-8-7-14-15(17)5-2-6-16(14)19/h2,5-6,13,17H,3-4,7-12H2,1H3,(H,22,23). The number of carboxylic acid groups (broad SMARTS) is 1. The van der Waals surface area contributed by atoms with Crippen molar-refractivity contribution < 1.29 is 9.90 Å². The normalized spacial score (nSPS) is 25.3. The fourth-order valence-corrected chi connectivity index (χ4v) is 4.44. The Morgan fingerprint density at radius 1 is 1.35 bits per heavy atom. The third kappa shape index (κ3) is 3.70. The van der Waals surface area contributed by atoms with Gasteiger partial charge in [0.15, 0.2) is 0 Å². The Kier molecular flexibility index (Phi) is 5.24. The highest BCUT2D eigenvalue weighted by Crippen LogP contribution is 2.39. The summed E-state index contributed by atoms with van der Waals surface area (Å²) in [6.45, 7) is 2.26. The molecule has 126 valence electrons. The fourth-order valence-electron chi connectivity index (χ4n) is 4.16. The van der Waals surface area contributed by atoms with Crippen LogP contribution in [0.4, 0.5) is 0 Å². The SMILES string of the molecule is CN(CC(=O)O)C1CCCN(C2CCc3c(Cl)cccc32)CC1. The molecule has 1 aliphatic carbocycles. The highest BCUT2D eigenvalue weighted by Gasteiger charge is 2.31. The van der Waals surface area contributed by atoms with Gasteiger partial charge in [0, 0.05) is 23.7 Å². The van der Waals surface area contributed by atoms with E-state index in [4.69, 9.17) is 16.7 Å². The molecule has 0 spiro atoms. The smallest absolute Gasteiger partial charge is 0.317 e. The molecule has 3 rings (SSSR count). The summed E-state index contributed by atoms with van der Waals surface area (Å²) in [5.74, 6) is -0.743. The molecule has 1 aliphatic heterocycles. The maximum Gasteiger partial charge on any atom is 0.317 e. The topological polar surface area (TPSA) is 43.8 Å². The van der Waals surface area contributed by atoms with Gasteiger partial charge >= 0.3 is 5.97 Å². The van der Waals surface area contributed by atoms with E-state index in [0.29, 0.717) is 12.1 Å². The first-order chi connectivity index (χ1) is 11.1. The molecule has 0 saturated carbocycles. The first kappa shape index (κ1) is 16.7. The first-order valence-electron chi connectivity index (χ1n) is 8.49. The first-order valence-corrected chi connectivity index (χ1v) is 8.87. The minimum Gasteiger partial charge on any atom is -0.480 e. The van der Waals surface area contributed by atoms with Crippen LogP contribution in [0, 0.1) is 0 Å². The van der Waals surface area contributed by atoms with Crippen LogP contribution in [0.25, 0.3) is 0 Å². The van der Waals surface area contributed by atoms with Crippen molar-refractivity contribution in [3.63, 3.8) is 0 Å². The number of likely N-dealkylation sites (N-methyl/N-ethyl adjacent to an activating group) is 1. The van der Waals surface area contributed by atoms with Gasteiger partial charge in [-0.05, 0) is 62.9 Å². The van der Waals surface area contributed by atoms with Crippen LogP contribution in [0.15, 0.2) is 18.2 Å². The van der Waals surface area contributed by atoms with E-state index in [9.17, 15) is 4.79 Å². The molecule has 4 nitrogen and oxygen atoms in total. The molecule has 2 unspecified atom stereocenters. The minimum absolute atomic E-state index is 0.131. The maximum absolute atomic E-state index is 10.9. The molecule has 23 heavy (non-hydrogen) atoms. The molecule has 2 atom stereocenters. The number of rotatable bonds is 4. The summed E-state index contributed by atoms with van der Waals surface area (Å²) in [7, 11) is 1.93. The molecular weight excluding hydrogens is 312 g/mol. The van der Waals surface area contributed by atoms with Crippen molar-refractivity contribution in [1.82, 2.24) is 9.80 Å². The quantitative estimate of drug-likeness (QED) is 0.917. The minimum atomic E-state index is -0.743. The second-order valence-corrected chi connectivity index (χ2v) is 7.20. The number of nitrogens with zero attached hydrogens (tertiary/aromatic N) is 2. The van der Waals surface area contributed by atoms with E-state index >= 15 is 0 Å². The van der Waals surface area contributed by atoms with Crippen molar-refractivity contribution in [2.75, 3.05) is 26.7 Å². The zero-order valence-electron chi connectivity index (χ0n) is 13.7. The van der Waals surface area contributed by atoms with Gasteiger partial charge in [-0.2, -0.15) is 0 Å². The molecule has 0 radical (unpaired) electrons. The Bertz CT molecular complexity index is 578. The lowest BCUT2D eigenvalue weighted by molar-refractivity contribution is -0.138. The number of aliphatic carboxylic acids is 1. The Hall–Kier alpha value is -1.10. The highest BCUT2D eigenvalue weighted by atomic mass is 35.5. The summed E-state index contributed by atoms with van der Waals surface area (Å²) in [4.78, 5) is 15.5. The van der Waals surface area contributed by atoms with Gasteiger partial charge < -0.3 is 5.11 Å². The molecule has 0 aromatic heterocycles. The second-order valence-electron chi connectivity index (χ2n) is 6.79. The summed E-state index contributed by atoms with van der Waals surface area (Å²) in [5, 5.41) is 9.88. The third-order valence-corrected chi connectivity index (χ3v) is 5.72. The van der Waals surface area contributed by atoms with E-state index in [1.807, 2.05) is 18.0 Å². The van der Waals surface area contributed by atoms with Crippen molar-refractivity contribution in [3.8, 4) is 0 Å². The average Bonchev–Trinajstić information content (AvgIpc) is 2.78. The van der Waals surface area contributed by atoms with Crippen LogP contribution in [0.1, 0.15) is 42.9 Å². The van der Waals surface area contributed by atoms with Crippen molar-refractivity contribution in [2.45, 2.75) is 44.2 Å². The number of carbonyl (C=O) groups is 1. The monoisotopic (exact) mass is 336 g/mol. The number of carboxylic acids is 1. The summed E-state index contributed by atoms with van der Waals surface area (Å²) in [5.41, 5.74) is 2.72. The van der Waals surface area contributed by atoms with Gasteiger partial charge in [-0.25, -0.2) is 0 Å². The lowest BCUT2D eigenvalue weighted by Gasteiger charge is -2.29. The van der Waals surface area contributed by atoms with E-state index in [0.717, 1.165) is 50.2 Å². The molecule has 1 N–H and O–H groups in total. The molecule has 2 aliphatic rings. The summed E-state index contributed by atoms with van der Waals surface area (Å²) in [6, 6.07) is 7.12. The number of hydrogen-bond acceptors (Lipinski definition) is 3. The van der Waals surface area contributed by atoms with E-state index in [1.54, 1.807) is 0 Å². The summed E-state index contributed by atoms with van der Waals surface area (Å²) >= 11 is 6.34. The molecule has 1 aromatic rings. The number of hydrogen-bond donors (Lipinski definition) is 1. The van der Waals surface area contributed by atoms with Crippen LogP contribution in [0.2, 0.25) is 5.02 Å². The van der Waals surface area contributed by atoms with E-state index in [2.05, 4.69) is 17.0 Å². The summed E-state index contributed by atoms with van der Waals surface area (Å²) in [6.07, 6.45) is 5.46. The van der Waals surface area contributed by atoms with Gasteiger partial charge in [0.1, 0.15) is 0 Å². The van der Waals surface area contributed by atoms with Gasteiger partial charge in [-0.15, -0.1) is 0 Å². The van der Waals surface area contributed by atoms with Crippen molar-refractivity contribution in [2.24, 2.45) is 0 Å². The number of benzene rings is 1. The Morgan fingerprint density at radius 2 is 2.17 bits per heavy atom. The Morgan fingerprint density at radius 3 is 2.96 bits per heavy atom. The molecule has 0 bridgehead atoms. The molecular formula is C18H25ClN2O2. The third-order valence-electron chi connectivity index (χ3n) is 5.36. The largest absolute Gasteiger partial charge is 0.480 e. The Labute approximate surface area is 143 Å². The van der Waals surface area contributed by atoms with Gasteiger partial charge in [-0.3, -0.25) is 14.6 Å². The average molecular weight is 337 g/mol. The van der Waals surface area contributed by atoms with E-state index < -0.39 is 5.97 Å². The van der Waals surface area contributed by atoms with Gasteiger partial charge in [-0.1, -0.05) is 23.7 Å². The van der Waals surface area contributed by atoms with Crippen molar-refractivity contribution >= 4 is 17.6 Å². The van der Waals surface area contributed by atoms with Crippen LogP contribution >= 0.6 is 11.6 Å². The van der Waals surface area contributed by atoms with Crippen molar-refractivity contribution in [3.05, 3.63) is 34.3 Å². The number of likely N-dealkylation sites (tertiary alicyclic amines) is 1. The fraction of sp³-hybridized carbons (Fsp3) is 0.611. The molecule has 5 heteroatoms. The number of halogens is 1. The maximum atomic E-state index is 10.9. The van der Waals surface area contributed by atoms with Gasteiger partial charge in [0.05, 0.1) is 6.54 Å². The lowest BCUT2D eigenvalue weighted by atomic mass is 10.1. The Balaban J connectivity index is 1.66. The predicted octanol–water partition coefficient (Wildman–Crippen LogP) is 3.20. The van der Waals surface area contributed by atoms with Crippen LogP contribution in [-0.2, 0) is 11.2 Å². The van der Waals surface area contributed by atoms with E-state index in [-0.39, 0.29) is 6.54 Å². The predicted molar refractivity (Wildman–Crippen MR) is 92.0 cm³/mol. The zero-order valence-corrected chi connectivity index (χ0v) is 14.4. The molecule has 1 aromatic carbocycles. The van der Waals surface area contributed by atoms with Gasteiger partial charge in [0.2, 0.25) is 0 Å². The van der Waals surface area contributed by atoms with Crippen molar-refractivity contribution in [1.29, 1.82) is 0 Å². The van der Waals surface area contributed by atoms with E-state index in [1.165, 1.54) is 11.1 Å². The summed E-state index contributed by atoms with van der Waals surface area (Å²) < 4.78 is 0. The lowest BCUT2D eigenvalue weighted by Crippen LogP contribution is -2.37. The van der Waals surface area contributed by atoms with Crippen LogP contribution in [0.3, 0.4) is 0 Å². The van der Waals surface area contributed by atoms with Crippen LogP contribution < -0.4 is 0 Å². The molecule has 0 amide bonds. The van der Waals surface area contributed by atoms with Crippen LogP contribution in [-0.4, -0.2) is 53.6 Å². The molecule has 1 fully saturated rings. The highest BCUT2D eigenvalue weighted by molar-refractivity contribution is 6.31. The number of fused-ring (bicyclic) bond motifs is 1. The second kappa shape index (κ2) is 7.20. The van der Waals surface area contributed by atoms with Crippen LogP contribution in [0.5, 0.6) is 0 Å².